The van der Waals surface area contributed by atoms with Crippen molar-refractivity contribution in [2.45, 2.75) is 13.0 Å². The SMILES string of the molecule is COc1ccc(OC)c(NC(=O)[C@H](C)NC(=O)c2cc3cc(OC)ccc3n2C)c1. The summed E-state index contributed by atoms with van der Waals surface area (Å²) in [5.74, 6) is 1.04. The quantitative estimate of drug-likeness (QED) is 0.624. The van der Waals surface area contributed by atoms with Gasteiger partial charge in [0, 0.05) is 24.0 Å². The minimum absolute atomic E-state index is 0.354. The van der Waals surface area contributed by atoms with Crippen molar-refractivity contribution in [3.63, 3.8) is 0 Å². The number of amides is 2. The van der Waals surface area contributed by atoms with Gasteiger partial charge >= 0.3 is 0 Å². The number of hydrogen-bond donors (Lipinski definition) is 2. The number of aromatic nitrogens is 1. The Kier molecular flexibility index (Phi) is 6.15. The Balaban J connectivity index is 1.75. The number of carbonyl (C=O) groups is 2. The van der Waals surface area contributed by atoms with Crippen LogP contribution in [0.4, 0.5) is 5.69 Å². The van der Waals surface area contributed by atoms with Crippen molar-refractivity contribution in [3.8, 4) is 17.2 Å². The molecule has 158 valence electrons. The van der Waals surface area contributed by atoms with Crippen LogP contribution in [0.15, 0.2) is 42.5 Å². The molecular formula is C22H25N3O5. The maximum Gasteiger partial charge on any atom is 0.268 e. The normalized spacial score (nSPS) is 11.6. The second-order valence-electron chi connectivity index (χ2n) is 6.76. The van der Waals surface area contributed by atoms with Gasteiger partial charge in [0.1, 0.15) is 29.0 Å². The highest BCUT2D eigenvalue weighted by Gasteiger charge is 2.21. The highest BCUT2D eigenvalue weighted by molar-refractivity contribution is 6.03. The zero-order valence-electron chi connectivity index (χ0n) is 17.6. The Morgan fingerprint density at radius 1 is 0.933 bits per heavy atom. The fraction of sp³-hybridized carbons (Fsp3) is 0.273. The number of carbonyl (C=O) groups excluding carboxylic acids is 2. The van der Waals surface area contributed by atoms with E-state index in [2.05, 4.69) is 10.6 Å². The van der Waals surface area contributed by atoms with Crippen LogP contribution >= 0.6 is 0 Å². The molecule has 0 aliphatic carbocycles. The van der Waals surface area contributed by atoms with Crippen LogP contribution < -0.4 is 24.8 Å². The lowest BCUT2D eigenvalue weighted by Gasteiger charge is -2.16. The van der Waals surface area contributed by atoms with Gasteiger partial charge in [0.2, 0.25) is 5.91 Å². The molecule has 30 heavy (non-hydrogen) atoms. The molecule has 2 amide bonds. The predicted molar refractivity (Wildman–Crippen MR) is 115 cm³/mol. The van der Waals surface area contributed by atoms with E-state index < -0.39 is 6.04 Å². The molecule has 3 rings (SSSR count). The number of nitrogens with zero attached hydrogens (tertiary/aromatic N) is 1. The summed E-state index contributed by atoms with van der Waals surface area (Å²) in [5.41, 5.74) is 1.79. The number of methoxy groups -OCH3 is 3. The van der Waals surface area contributed by atoms with Crippen molar-refractivity contribution in [2.24, 2.45) is 7.05 Å². The average molecular weight is 411 g/mol. The molecule has 1 atom stereocenters. The number of fused-ring (bicyclic) bond motifs is 1. The summed E-state index contributed by atoms with van der Waals surface area (Å²) in [7, 11) is 6.44. The monoisotopic (exact) mass is 411 g/mol. The number of nitrogens with one attached hydrogen (secondary N) is 2. The molecular weight excluding hydrogens is 386 g/mol. The summed E-state index contributed by atoms with van der Waals surface area (Å²) in [6.07, 6.45) is 0. The molecule has 8 nitrogen and oxygen atoms in total. The van der Waals surface area contributed by atoms with Crippen LogP contribution in [0.2, 0.25) is 0 Å². The number of anilines is 1. The zero-order chi connectivity index (χ0) is 21.8. The molecule has 0 fully saturated rings. The molecule has 1 heterocycles. The summed E-state index contributed by atoms with van der Waals surface area (Å²) < 4.78 is 17.5. The maximum absolute atomic E-state index is 12.8. The Bertz CT molecular complexity index is 1090. The second kappa shape index (κ2) is 8.77. The molecule has 0 unspecified atom stereocenters. The minimum atomic E-state index is -0.777. The largest absolute Gasteiger partial charge is 0.497 e. The molecule has 0 aliphatic heterocycles. The zero-order valence-corrected chi connectivity index (χ0v) is 17.6. The van der Waals surface area contributed by atoms with Crippen LogP contribution in [-0.4, -0.2) is 43.8 Å². The van der Waals surface area contributed by atoms with Gasteiger partial charge in [0.25, 0.3) is 5.91 Å². The molecule has 0 radical (unpaired) electrons. The van der Waals surface area contributed by atoms with Gasteiger partial charge < -0.3 is 29.4 Å². The first-order chi connectivity index (χ1) is 14.4. The molecule has 0 bridgehead atoms. The molecule has 2 N–H and O–H groups in total. The van der Waals surface area contributed by atoms with E-state index in [0.29, 0.717) is 28.6 Å². The van der Waals surface area contributed by atoms with Crippen molar-refractivity contribution in [1.82, 2.24) is 9.88 Å². The van der Waals surface area contributed by atoms with Crippen LogP contribution in [0, 0.1) is 0 Å². The van der Waals surface area contributed by atoms with Crippen molar-refractivity contribution < 1.29 is 23.8 Å². The predicted octanol–water partition coefficient (Wildman–Crippen LogP) is 2.96. The molecule has 8 heteroatoms. The van der Waals surface area contributed by atoms with Gasteiger partial charge in [-0.1, -0.05) is 0 Å². The molecule has 0 saturated heterocycles. The van der Waals surface area contributed by atoms with Gasteiger partial charge in [-0.25, -0.2) is 0 Å². The van der Waals surface area contributed by atoms with E-state index in [1.54, 1.807) is 49.9 Å². The summed E-state index contributed by atoms with van der Waals surface area (Å²) in [5, 5.41) is 6.38. The molecule has 3 aromatic rings. The molecule has 0 aliphatic rings. The van der Waals surface area contributed by atoms with E-state index in [1.165, 1.54) is 14.2 Å². The lowest BCUT2D eigenvalue weighted by Crippen LogP contribution is -2.42. The van der Waals surface area contributed by atoms with Gasteiger partial charge in [-0.15, -0.1) is 0 Å². The van der Waals surface area contributed by atoms with Crippen molar-refractivity contribution in [2.75, 3.05) is 26.6 Å². The lowest BCUT2D eigenvalue weighted by molar-refractivity contribution is -0.117. The van der Waals surface area contributed by atoms with Gasteiger partial charge in [-0.2, -0.15) is 0 Å². The average Bonchev–Trinajstić information content (AvgIpc) is 3.09. The second-order valence-corrected chi connectivity index (χ2v) is 6.76. The lowest BCUT2D eigenvalue weighted by atomic mass is 10.2. The van der Waals surface area contributed by atoms with Crippen LogP contribution in [-0.2, 0) is 11.8 Å². The van der Waals surface area contributed by atoms with Crippen LogP contribution in [0.25, 0.3) is 10.9 Å². The van der Waals surface area contributed by atoms with E-state index >= 15 is 0 Å². The first kappa shape index (κ1) is 21.0. The third-order valence-electron chi connectivity index (χ3n) is 4.89. The molecule has 2 aromatic carbocycles. The Morgan fingerprint density at radius 3 is 2.27 bits per heavy atom. The highest BCUT2D eigenvalue weighted by Crippen LogP contribution is 2.29. The third-order valence-corrected chi connectivity index (χ3v) is 4.89. The maximum atomic E-state index is 12.8. The standard InChI is InChI=1S/C22H25N3O5/c1-13(21(26)24-17-12-16(29-4)7-9-20(17)30-5)23-22(27)19-11-14-10-15(28-3)6-8-18(14)25(19)2/h6-13H,1-5H3,(H,23,27)(H,24,26)/t13-/m0/s1. The fourth-order valence-corrected chi connectivity index (χ4v) is 3.16. The van der Waals surface area contributed by atoms with Crippen molar-refractivity contribution >= 4 is 28.4 Å². The van der Waals surface area contributed by atoms with Gasteiger partial charge in [0.05, 0.1) is 27.0 Å². The first-order valence-electron chi connectivity index (χ1n) is 9.35. The number of aryl methyl sites for hydroxylation is 1. The Morgan fingerprint density at radius 2 is 1.60 bits per heavy atom. The van der Waals surface area contributed by atoms with E-state index in [0.717, 1.165) is 10.9 Å². The number of hydrogen-bond acceptors (Lipinski definition) is 5. The highest BCUT2D eigenvalue weighted by atomic mass is 16.5. The number of ether oxygens (including phenoxy) is 3. The van der Waals surface area contributed by atoms with Crippen LogP contribution in [0.3, 0.4) is 0 Å². The first-order valence-corrected chi connectivity index (χ1v) is 9.35. The smallest absolute Gasteiger partial charge is 0.268 e. The van der Waals surface area contributed by atoms with Gasteiger partial charge in [-0.05, 0) is 43.3 Å². The summed E-state index contributed by atoms with van der Waals surface area (Å²) in [6.45, 7) is 1.62. The number of benzene rings is 2. The van der Waals surface area contributed by atoms with E-state index in [9.17, 15) is 9.59 Å². The topological polar surface area (TPSA) is 90.8 Å². The van der Waals surface area contributed by atoms with Gasteiger partial charge in [0.15, 0.2) is 0 Å². The molecule has 0 spiro atoms. The van der Waals surface area contributed by atoms with Crippen molar-refractivity contribution in [1.29, 1.82) is 0 Å². The van der Waals surface area contributed by atoms with E-state index in [1.807, 2.05) is 18.2 Å². The Hall–Kier alpha value is -3.68. The van der Waals surface area contributed by atoms with Crippen LogP contribution in [0.5, 0.6) is 17.2 Å². The van der Waals surface area contributed by atoms with E-state index in [-0.39, 0.29) is 11.8 Å². The third kappa shape index (κ3) is 4.17. The molecule has 0 saturated carbocycles. The minimum Gasteiger partial charge on any atom is -0.497 e. The van der Waals surface area contributed by atoms with E-state index in [4.69, 9.17) is 14.2 Å². The van der Waals surface area contributed by atoms with Crippen molar-refractivity contribution in [3.05, 3.63) is 48.2 Å². The Labute approximate surface area is 174 Å². The summed E-state index contributed by atoms with van der Waals surface area (Å²) >= 11 is 0. The molecule has 1 aromatic heterocycles. The fourth-order valence-electron chi connectivity index (χ4n) is 3.16. The van der Waals surface area contributed by atoms with Gasteiger partial charge in [-0.3, -0.25) is 9.59 Å². The summed E-state index contributed by atoms with van der Waals surface area (Å²) in [6, 6.07) is 11.7. The number of rotatable bonds is 7. The van der Waals surface area contributed by atoms with Crippen LogP contribution in [0.1, 0.15) is 17.4 Å². The summed E-state index contributed by atoms with van der Waals surface area (Å²) in [4.78, 5) is 25.4.